The van der Waals surface area contributed by atoms with Crippen LogP contribution >= 0.6 is 11.6 Å². The number of nitrogens with one attached hydrogen (secondary N) is 1. The molecule has 0 fully saturated rings. The Hall–Kier alpha value is -2.33. The van der Waals surface area contributed by atoms with Gasteiger partial charge in [0, 0.05) is 0 Å². The number of ether oxygens (including phenoxy) is 1. The minimum atomic E-state index is -0.891. The largest absolute Gasteiger partial charge is 0.452 e. The van der Waals surface area contributed by atoms with Crippen LogP contribution in [0.25, 0.3) is 0 Å². The van der Waals surface area contributed by atoms with Gasteiger partial charge in [-0.25, -0.2) is 0 Å². The SMILES string of the molecule is C[C@H](OC(=O)Cc1ccc2c(c1)CCC2)C(=O)Nc1ccccc1Cl. The monoisotopic (exact) mass is 357 g/mol. The molecule has 1 N–H and O–H groups in total. The lowest BCUT2D eigenvalue weighted by Gasteiger charge is -2.14. The Bertz CT molecular complexity index is 803. The van der Waals surface area contributed by atoms with Crippen LogP contribution in [0.4, 0.5) is 5.69 Å². The molecular weight excluding hydrogens is 338 g/mol. The molecule has 0 spiro atoms. The summed E-state index contributed by atoms with van der Waals surface area (Å²) in [4.78, 5) is 24.3. The van der Waals surface area contributed by atoms with Gasteiger partial charge >= 0.3 is 5.97 Å². The van der Waals surface area contributed by atoms with Gasteiger partial charge in [0.1, 0.15) is 0 Å². The Morgan fingerprint density at radius 2 is 1.92 bits per heavy atom. The van der Waals surface area contributed by atoms with Crippen molar-refractivity contribution in [3.8, 4) is 0 Å². The van der Waals surface area contributed by atoms with Crippen molar-refractivity contribution in [2.75, 3.05) is 5.32 Å². The second-order valence-electron chi connectivity index (χ2n) is 6.23. The second kappa shape index (κ2) is 7.70. The Morgan fingerprint density at radius 3 is 2.72 bits per heavy atom. The predicted octanol–water partition coefficient (Wildman–Crippen LogP) is 3.94. The number of aryl methyl sites for hydroxylation is 2. The molecule has 130 valence electrons. The summed E-state index contributed by atoms with van der Waals surface area (Å²) in [6.07, 6.45) is 2.62. The lowest BCUT2D eigenvalue weighted by atomic mass is 10.0. The van der Waals surface area contributed by atoms with Gasteiger partial charge in [0.2, 0.25) is 0 Å². The summed E-state index contributed by atoms with van der Waals surface area (Å²) in [5.74, 6) is -0.824. The fourth-order valence-electron chi connectivity index (χ4n) is 2.99. The van der Waals surface area contributed by atoms with Gasteiger partial charge in [-0.3, -0.25) is 9.59 Å². The normalized spacial score (nSPS) is 13.8. The molecule has 0 unspecified atom stereocenters. The number of fused-ring (bicyclic) bond motifs is 1. The maximum Gasteiger partial charge on any atom is 0.311 e. The number of para-hydroxylation sites is 1. The molecule has 0 aliphatic heterocycles. The topological polar surface area (TPSA) is 55.4 Å². The van der Waals surface area contributed by atoms with Crippen molar-refractivity contribution in [3.63, 3.8) is 0 Å². The smallest absolute Gasteiger partial charge is 0.311 e. The summed E-state index contributed by atoms with van der Waals surface area (Å²) in [5.41, 5.74) is 4.10. The third-order valence-electron chi connectivity index (χ3n) is 4.32. The number of benzene rings is 2. The van der Waals surface area contributed by atoms with Crippen LogP contribution < -0.4 is 5.32 Å². The fraction of sp³-hybridized carbons (Fsp3) is 0.300. The summed E-state index contributed by atoms with van der Waals surface area (Å²) in [7, 11) is 0. The zero-order valence-electron chi connectivity index (χ0n) is 14.0. The van der Waals surface area contributed by atoms with E-state index in [1.165, 1.54) is 17.5 Å². The van der Waals surface area contributed by atoms with Crippen LogP contribution in [-0.4, -0.2) is 18.0 Å². The van der Waals surface area contributed by atoms with Crippen molar-refractivity contribution >= 4 is 29.2 Å². The molecular formula is C20H20ClNO3. The van der Waals surface area contributed by atoms with E-state index < -0.39 is 18.0 Å². The quantitative estimate of drug-likeness (QED) is 0.824. The highest BCUT2D eigenvalue weighted by Crippen LogP contribution is 2.23. The lowest BCUT2D eigenvalue weighted by Crippen LogP contribution is -2.30. The molecule has 0 aromatic heterocycles. The van der Waals surface area contributed by atoms with Gasteiger partial charge in [0.15, 0.2) is 6.10 Å². The van der Waals surface area contributed by atoms with E-state index in [-0.39, 0.29) is 6.42 Å². The zero-order valence-corrected chi connectivity index (χ0v) is 14.8. The van der Waals surface area contributed by atoms with Crippen molar-refractivity contribution in [3.05, 3.63) is 64.2 Å². The minimum Gasteiger partial charge on any atom is -0.452 e. The summed E-state index contributed by atoms with van der Waals surface area (Å²) >= 11 is 6.01. The number of halogens is 1. The van der Waals surface area contributed by atoms with Crippen LogP contribution in [-0.2, 0) is 33.6 Å². The first-order valence-electron chi connectivity index (χ1n) is 8.38. The first-order chi connectivity index (χ1) is 12.0. The van der Waals surface area contributed by atoms with Gasteiger partial charge < -0.3 is 10.1 Å². The van der Waals surface area contributed by atoms with Crippen LogP contribution in [0.15, 0.2) is 42.5 Å². The Kier molecular flexibility index (Phi) is 5.39. The maximum absolute atomic E-state index is 12.2. The van der Waals surface area contributed by atoms with Gasteiger partial charge in [-0.1, -0.05) is 41.9 Å². The molecule has 3 rings (SSSR count). The van der Waals surface area contributed by atoms with Gasteiger partial charge in [-0.05, 0) is 55.0 Å². The predicted molar refractivity (Wildman–Crippen MR) is 97.8 cm³/mol. The minimum absolute atomic E-state index is 0.164. The van der Waals surface area contributed by atoms with E-state index in [0.29, 0.717) is 10.7 Å². The van der Waals surface area contributed by atoms with Gasteiger partial charge in [0.05, 0.1) is 17.1 Å². The van der Waals surface area contributed by atoms with Crippen molar-refractivity contribution < 1.29 is 14.3 Å². The molecule has 2 aromatic carbocycles. The summed E-state index contributed by atoms with van der Waals surface area (Å²) in [6, 6.07) is 13.0. The number of rotatable bonds is 5. The third-order valence-corrected chi connectivity index (χ3v) is 4.65. The number of anilines is 1. The van der Waals surface area contributed by atoms with E-state index in [1.807, 2.05) is 6.07 Å². The number of amides is 1. The number of hydrogen-bond acceptors (Lipinski definition) is 3. The van der Waals surface area contributed by atoms with Crippen molar-refractivity contribution in [1.82, 2.24) is 0 Å². The van der Waals surface area contributed by atoms with E-state index in [0.717, 1.165) is 18.4 Å². The Labute approximate surface area is 152 Å². The molecule has 5 heteroatoms. The van der Waals surface area contributed by atoms with Crippen LogP contribution in [0, 0.1) is 0 Å². The maximum atomic E-state index is 12.2. The average Bonchev–Trinajstić information content (AvgIpc) is 3.04. The molecule has 0 radical (unpaired) electrons. The number of esters is 1. The highest BCUT2D eigenvalue weighted by Gasteiger charge is 2.19. The third kappa shape index (κ3) is 4.40. The lowest BCUT2D eigenvalue weighted by molar-refractivity contribution is -0.152. The molecule has 4 nitrogen and oxygen atoms in total. The molecule has 1 atom stereocenters. The molecule has 2 aromatic rings. The van der Waals surface area contributed by atoms with Crippen LogP contribution in [0.5, 0.6) is 0 Å². The van der Waals surface area contributed by atoms with Crippen LogP contribution in [0.3, 0.4) is 0 Å². The number of carbonyl (C=O) groups is 2. The van der Waals surface area contributed by atoms with E-state index in [1.54, 1.807) is 31.2 Å². The van der Waals surface area contributed by atoms with Crippen LogP contribution in [0.2, 0.25) is 5.02 Å². The van der Waals surface area contributed by atoms with E-state index in [2.05, 4.69) is 17.4 Å². The molecule has 0 saturated heterocycles. The van der Waals surface area contributed by atoms with E-state index in [4.69, 9.17) is 16.3 Å². The summed E-state index contributed by atoms with van der Waals surface area (Å²) in [5, 5.41) is 3.10. The fourth-order valence-corrected chi connectivity index (χ4v) is 3.17. The molecule has 0 heterocycles. The zero-order chi connectivity index (χ0) is 17.8. The Balaban J connectivity index is 1.55. The molecule has 1 aliphatic carbocycles. The second-order valence-corrected chi connectivity index (χ2v) is 6.64. The Morgan fingerprint density at radius 1 is 1.16 bits per heavy atom. The van der Waals surface area contributed by atoms with Gasteiger partial charge in [-0.2, -0.15) is 0 Å². The molecule has 0 saturated carbocycles. The molecule has 0 bridgehead atoms. The first kappa shape index (κ1) is 17.5. The van der Waals surface area contributed by atoms with E-state index >= 15 is 0 Å². The summed E-state index contributed by atoms with van der Waals surface area (Å²) in [6.45, 7) is 1.55. The number of carbonyl (C=O) groups excluding carboxylic acids is 2. The highest BCUT2D eigenvalue weighted by molar-refractivity contribution is 6.33. The first-order valence-corrected chi connectivity index (χ1v) is 8.76. The van der Waals surface area contributed by atoms with Gasteiger partial charge in [0.25, 0.3) is 5.91 Å². The van der Waals surface area contributed by atoms with E-state index in [9.17, 15) is 9.59 Å². The highest BCUT2D eigenvalue weighted by atomic mass is 35.5. The van der Waals surface area contributed by atoms with Crippen molar-refractivity contribution in [2.24, 2.45) is 0 Å². The van der Waals surface area contributed by atoms with Gasteiger partial charge in [-0.15, -0.1) is 0 Å². The average molecular weight is 358 g/mol. The molecule has 25 heavy (non-hydrogen) atoms. The summed E-state index contributed by atoms with van der Waals surface area (Å²) < 4.78 is 5.25. The van der Waals surface area contributed by atoms with Crippen LogP contribution in [0.1, 0.15) is 30.0 Å². The molecule has 1 amide bonds. The molecule has 1 aliphatic rings. The number of hydrogen-bond donors (Lipinski definition) is 1. The standard InChI is InChI=1S/C20H20ClNO3/c1-13(20(24)22-18-8-3-2-7-17(18)21)25-19(23)12-14-9-10-15-5-4-6-16(15)11-14/h2-3,7-11,13H,4-6,12H2,1H3,(H,22,24)/t13-/m0/s1. The van der Waals surface area contributed by atoms with Crippen molar-refractivity contribution in [2.45, 2.75) is 38.7 Å². The van der Waals surface area contributed by atoms with Crippen molar-refractivity contribution in [1.29, 1.82) is 0 Å².